The van der Waals surface area contributed by atoms with Crippen molar-refractivity contribution >= 4 is 29.5 Å². The van der Waals surface area contributed by atoms with E-state index in [0.717, 1.165) is 0 Å². The van der Waals surface area contributed by atoms with Gasteiger partial charge in [-0.05, 0) is 55.3 Å². The van der Waals surface area contributed by atoms with Gasteiger partial charge < -0.3 is 14.6 Å². The van der Waals surface area contributed by atoms with Crippen molar-refractivity contribution in [3.63, 3.8) is 0 Å². The summed E-state index contributed by atoms with van der Waals surface area (Å²) in [5, 5.41) is 14.7. The van der Waals surface area contributed by atoms with Crippen molar-refractivity contribution in [3.05, 3.63) is 83.4 Å². The number of carboxylic acid groups (broad SMARTS) is 1. The Kier molecular flexibility index (Phi) is 6.51. The third kappa shape index (κ3) is 5.39. The van der Waals surface area contributed by atoms with Crippen molar-refractivity contribution in [1.82, 2.24) is 0 Å². The summed E-state index contributed by atoms with van der Waals surface area (Å²) in [5.74, 6) is -0.546. The molecule has 0 spiro atoms. The van der Waals surface area contributed by atoms with Gasteiger partial charge >= 0.3 is 18.2 Å². The van der Waals surface area contributed by atoms with Crippen LogP contribution in [0.1, 0.15) is 21.5 Å². The fourth-order valence-corrected chi connectivity index (χ4v) is 2.95. The van der Waals surface area contributed by atoms with Gasteiger partial charge in [-0.3, -0.25) is 10.6 Å². The zero-order valence-corrected chi connectivity index (χ0v) is 16.8. The van der Waals surface area contributed by atoms with Gasteiger partial charge in [-0.15, -0.1) is 0 Å². The fourth-order valence-electron chi connectivity index (χ4n) is 2.95. The Labute approximate surface area is 178 Å². The minimum Gasteiger partial charge on any atom is -0.478 e. The SMILES string of the molecule is Cc1c(NC(=O)Oc2ccccc2)cc(NC(=O)Oc2ccccc2)c(C)c1C(=O)O. The lowest BCUT2D eigenvalue weighted by molar-refractivity contribution is 0.0695. The Morgan fingerprint density at radius 1 is 0.710 bits per heavy atom. The molecule has 0 aliphatic carbocycles. The molecule has 0 aliphatic heterocycles. The smallest absolute Gasteiger partial charge is 0.417 e. The van der Waals surface area contributed by atoms with Crippen LogP contribution in [0.3, 0.4) is 0 Å². The molecular formula is C23H20N2O6. The number of para-hydroxylation sites is 2. The standard InChI is InChI=1S/C23H20N2O6/c1-14-18(24-22(28)30-16-9-5-3-6-10-16)13-19(15(2)20(14)21(26)27)25-23(29)31-17-11-7-4-8-12-17/h3-13H,1-2H3,(H,24,28)(H,25,29)(H,26,27). The van der Waals surface area contributed by atoms with Crippen molar-refractivity contribution in [1.29, 1.82) is 0 Å². The first-order chi connectivity index (χ1) is 14.8. The Morgan fingerprint density at radius 2 is 1.10 bits per heavy atom. The highest BCUT2D eigenvalue weighted by Crippen LogP contribution is 2.30. The lowest BCUT2D eigenvalue weighted by atomic mass is 9.99. The Hall–Kier alpha value is -4.33. The number of hydrogen-bond donors (Lipinski definition) is 3. The molecule has 3 rings (SSSR count). The molecule has 3 aromatic carbocycles. The normalized spacial score (nSPS) is 10.1. The van der Waals surface area contributed by atoms with Gasteiger partial charge in [0.25, 0.3) is 0 Å². The highest BCUT2D eigenvalue weighted by Gasteiger charge is 2.21. The third-order valence-corrected chi connectivity index (χ3v) is 4.44. The molecule has 8 nitrogen and oxygen atoms in total. The summed E-state index contributed by atoms with van der Waals surface area (Å²) >= 11 is 0. The van der Waals surface area contributed by atoms with E-state index in [1.807, 2.05) is 0 Å². The largest absolute Gasteiger partial charge is 0.478 e. The van der Waals surface area contributed by atoms with Gasteiger partial charge in [0.05, 0.1) is 5.56 Å². The molecule has 8 heteroatoms. The van der Waals surface area contributed by atoms with Crippen LogP contribution in [0.5, 0.6) is 11.5 Å². The molecule has 31 heavy (non-hydrogen) atoms. The second-order valence-electron chi connectivity index (χ2n) is 6.56. The van der Waals surface area contributed by atoms with Crippen LogP contribution >= 0.6 is 0 Å². The maximum Gasteiger partial charge on any atom is 0.417 e. The number of benzene rings is 3. The zero-order valence-electron chi connectivity index (χ0n) is 16.8. The van der Waals surface area contributed by atoms with Gasteiger partial charge in [0.2, 0.25) is 0 Å². The first-order valence-corrected chi connectivity index (χ1v) is 9.30. The van der Waals surface area contributed by atoms with Crippen LogP contribution in [0.25, 0.3) is 0 Å². The molecule has 0 fully saturated rings. The zero-order chi connectivity index (χ0) is 22.4. The Morgan fingerprint density at radius 3 is 1.45 bits per heavy atom. The van der Waals surface area contributed by atoms with Crippen LogP contribution in [-0.2, 0) is 0 Å². The van der Waals surface area contributed by atoms with Crippen molar-refractivity contribution in [2.24, 2.45) is 0 Å². The molecule has 0 atom stereocenters. The van der Waals surface area contributed by atoms with Crippen molar-refractivity contribution < 1.29 is 29.0 Å². The van der Waals surface area contributed by atoms with Crippen LogP contribution < -0.4 is 20.1 Å². The number of nitrogens with one attached hydrogen (secondary N) is 2. The fraction of sp³-hybridized carbons (Fsp3) is 0.0870. The number of carbonyl (C=O) groups is 3. The molecular weight excluding hydrogens is 400 g/mol. The quantitative estimate of drug-likeness (QED) is 0.521. The maximum atomic E-state index is 12.3. The van der Waals surface area contributed by atoms with Crippen LogP contribution in [0, 0.1) is 13.8 Å². The molecule has 0 saturated carbocycles. The number of anilines is 2. The molecule has 0 aromatic heterocycles. The minimum absolute atomic E-state index is 0.0486. The first-order valence-electron chi connectivity index (χ1n) is 9.30. The summed E-state index contributed by atoms with van der Waals surface area (Å²) in [4.78, 5) is 36.4. The molecule has 0 aliphatic rings. The monoisotopic (exact) mass is 420 g/mol. The van der Waals surface area contributed by atoms with E-state index >= 15 is 0 Å². The van der Waals surface area contributed by atoms with Gasteiger partial charge in [-0.25, -0.2) is 14.4 Å². The Balaban J connectivity index is 1.85. The number of ether oxygens (including phenoxy) is 2. The average Bonchev–Trinajstić information content (AvgIpc) is 2.73. The maximum absolute atomic E-state index is 12.3. The van der Waals surface area contributed by atoms with Crippen LogP contribution in [0.2, 0.25) is 0 Å². The summed E-state index contributed by atoms with van der Waals surface area (Å²) in [6, 6.07) is 18.3. The van der Waals surface area contributed by atoms with Gasteiger partial charge in [0.15, 0.2) is 0 Å². The summed E-state index contributed by atoms with van der Waals surface area (Å²) < 4.78 is 10.4. The van der Waals surface area contributed by atoms with Crippen LogP contribution in [0.15, 0.2) is 66.7 Å². The summed E-state index contributed by atoms with van der Waals surface area (Å²) in [6.45, 7) is 3.11. The molecule has 0 radical (unpaired) electrons. The predicted octanol–water partition coefficient (Wildman–Crippen LogP) is 5.22. The van der Waals surface area contributed by atoms with E-state index in [-0.39, 0.29) is 16.9 Å². The molecule has 0 heterocycles. The summed E-state index contributed by atoms with van der Waals surface area (Å²) in [7, 11) is 0. The minimum atomic E-state index is -1.20. The lowest BCUT2D eigenvalue weighted by Gasteiger charge is -2.17. The first kappa shape index (κ1) is 21.4. The van der Waals surface area contributed by atoms with Crippen LogP contribution in [0.4, 0.5) is 21.0 Å². The predicted molar refractivity (Wildman–Crippen MR) is 115 cm³/mol. The van der Waals surface area contributed by atoms with Gasteiger partial charge in [-0.2, -0.15) is 0 Å². The van der Waals surface area contributed by atoms with Crippen molar-refractivity contribution in [2.45, 2.75) is 13.8 Å². The van der Waals surface area contributed by atoms with Crippen molar-refractivity contribution in [2.75, 3.05) is 10.6 Å². The highest BCUT2D eigenvalue weighted by molar-refractivity contribution is 6.00. The van der Waals surface area contributed by atoms with E-state index in [4.69, 9.17) is 9.47 Å². The van der Waals surface area contributed by atoms with Gasteiger partial charge in [0.1, 0.15) is 11.5 Å². The number of carbonyl (C=O) groups excluding carboxylic acids is 2. The number of aromatic carboxylic acids is 1. The Bertz CT molecular complexity index is 1030. The van der Waals surface area contributed by atoms with E-state index < -0.39 is 18.2 Å². The second kappa shape index (κ2) is 9.45. The van der Waals surface area contributed by atoms with E-state index in [2.05, 4.69) is 10.6 Å². The van der Waals surface area contributed by atoms with Crippen LogP contribution in [-0.4, -0.2) is 23.3 Å². The number of carboxylic acids is 1. The van der Waals surface area contributed by atoms with E-state index in [0.29, 0.717) is 22.6 Å². The van der Waals surface area contributed by atoms with Gasteiger partial charge in [0, 0.05) is 11.4 Å². The average molecular weight is 420 g/mol. The molecule has 0 saturated heterocycles. The van der Waals surface area contributed by atoms with Crippen molar-refractivity contribution in [3.8, 4) is 11.5 Å². The molecule has 0 bridgehead atoms. The van der Waals surface area contributed by atoms with Gasteiger partial charge in [-0.1, -0.05) is 36.4 Å². The van der Waals surface area contributed by atoms with E-state index in [1.165, 1.54) is 6.07 Å². The molecule has 158 valence electrons. The number of amides is 2. The van der Waals surface area contributed by atoms with E-state index in [9.17, 15) is 19.5 Å². The lowest BCUT2D eigenvalue weighted by Crippen LogP contribution is -2.21. The highest BCUT2D eigenvalue weighted by atomic mass is 16.6. The second-order valence-corrected chi connectivity index (χ2v) is 6.56. The number of hydrogen-bond acceptors (Lipinski definition) is 5. The third-order valence-electron chi connectivity index (χ3n) is 4.44. The van der Waals surface area contributed by atoms with E-state index in [1.54, 1.807) is 74.5 Å². The molecule has 2 amide bonds. The molecule has 3 N–H and O–H groups in total. The topological polar surface area (TPSA) is 114 Å². The summed E-state index contributed by atoms with van der Waals surface area (Å²) in [5.41, 5.74) is 0.944. The summed E-state index contributed by atoms with van der Waals surface area (Å²) in [6.07, 6.45) is -1.60. The number of rotatable bonds is 5. The molecule has 0 unspecified atom stereocenters. The molecule has 3 aromatic rings.